The molecule has 24 heavy (non-hydrogen) atoms. The van der Waals surface area contributed by atoms with Crippen LogP contribution in [0, 0.1) is 17.5 Å². The van der Waals surface area contributed by atoms with Gasteiger partial charge < -0.3 is 14.8 Å². The van der Waals surface area contributed by atoms with Gasteiger partial charge in [0.1, 0.15) is 17.3 Å². The molecule has 0 saturated carbocycles. The van der Waals surface area contributed by atoms with E-state index >= 15 is 0 Å². The molecule has 0 radical (unpaired) electrons. The molecule has 0 heterocycles. The molecule has 0 unspecified atom stereocenters. The van der Waals surface area contributed by atoms with Gasteiger partial charge in [0.25, 0.3) is 0 Å². The maximum atomic E-state index is 13.5. The standard InChI is InChI=1S/C17H14F3NO3/c1-23-11-5-10(6-12(7-11)24-2)3-4-17(22)21-16-9-14(19)13(18)8-15(16)20/h3-9H,1-2H3,(H,21,22)/b4-3+. The molecule has 0 fully saturated rings. The number of benzene rings is 2. The Morgan fingerprint density at radius 2 is 1.50 bits per heavy atom. The monoisotopic (exact) mass is 337 g/mol. The van der Waals surface area contributed by atoms with E-state index < -0.39 is 29.0 Å². The van der Waals surface area contributed by atoms with Gasteiger partial charge in [-0.1, -0.05) is 0 Å². The Balaban J connectivity index is 2.15. The predicted octanol–water partition coefficient (Wildman–Crippen LogP) is 3.77. The Labute approximate surface area is 136 Å². The highest BCUT2D eigenvalue weighted by Gasteiger charge is 2.11. The van der Waals surface area contributed by atoms with Gasteiger partial charge in [0.15, 0.2) is 11.6 Å². The molecule has 1 amide bonds. The molecule has 0 aliphatic heterocycles. The van der Waals surface area contributed by atoms with E-state index in [0.717, 1.165) is 6.08 Å². The smallest absolute Gasteiger partial charge is 0.248 e. The number of halogens is 3. The van der Waals surface area contributed by atoms with Crippen molar-refractivity contribution < 1.29 is 27.4 Å². The summed E-state index contributed by atoms with van der Waals surface area (Å²) in [4.78, 5) is 11.8. The maximum Gasteiger partial charge on any atom is 0.248 e. The third-order valence-corrected chi connectivity index (χ3v) is 3.07. The van der Waals surface area contributed by atoms with Gasteiger partial charge in [0, 0.05) is 24.3 Å². The molecule has 2 rings (SSSR count). The highest BCUT2D eigenvalue weighted by atomic mass is 19.2. The van der Waals surface area contributed by atoms with Crippen LogP contribution in [0.4, 0.5) is 18.9 Å². The SMILES string of the molecule is COc1cc(/C=C/C(=O)Nc2cc(F)c(F)cc2F)cc(OC)c1. The lowest BCUT2D eigenvalue weighted by molar-refractivity contribution is -0.111. The lowest BCUT2D eigenvalue weighted by Crippen LogP contribution is -2.10. The molecule has 126 valence electrons. The first-order valence-corrected chi connectivity index (χ1v) is 6.79. The highest BCUT2D eigenvalue weighted by Crippen LogP contribution is 2.23. The van der Waals surface area contributed by atoms with Crippen molar-refractivity contribution in [1.29, 1.82) is 0 Å². The van der Waals surface area contributed by atoms with Crippen LogP contribution in [0.3, 0.4) is 0 Å². The summed E-state index contributed by atoms with van der Waals surface area (Å²) in [5.41, 5.74) is 0.152. The minimum Gasteiger partial charge on any atom is -0.497 e. The molecule has 7 heteroatoms. The van der Waals surface area contributed by atoms with Crippen molar-refractivity contribution in [3.05, 3.63) is 59.4 Å². The fourth-order valence-corrected chi connectivity index (χ4v) is 1.89. The third kappa shape index (κ3) is 4.28. The number of ether oxygens (including phenoxy) is 2. The van der Waals surface area contributed by atoms with Gasteiger partial charge >= 0.3 is 0 Å². The summed E-state index contributed by atoms with van der Waals surface area (Å²) in [5, 5.41) is 2.14. The van der Waals surface area contributed by atoms with Crippen LogP contribution >= 0.6 is 0 Å². The Hall–Kier alpha value is -2.96. The first-order chi connectivity index (χ1) is 11.4. The van der Waals surface area contributed by atoms with E-state index in [0.29, 0.717) is 29.2 Å². The summed E-state index contributed by atoms with van der Waals surface area (Å²) in [5.74, 6) is -3.31. The normalized spacial score (nSPS) is 10.7. The van der Waals surface area contributed by atoms with Gasteiger partial charge in [0.05, 0.1) is 19.9 Å². The largest absolute Gasteiger partial charge is 0.497 e. The van der Waals surface area contributed by atoms with Crippen molar-refractivity contribution in [1.82, 2.24) is 0 Å². The summed E-state index contributed by atoms with van der Waals surface area (Å²) in [6.07, 6.45) is 2.56. The number of carbonyl (C=O) groups is 1. The van der Waals surface area contributed by atoms with E-state index in [1.165, 1.54) is 20.3 Å². The number of hydrogen-bond acceptors (Lipinski definition) is 3. The number of rotatable bonds is 5. The summed E-state index contributed by atoms with van der Waals surface area (Å²) in [7, 11) is 2.97. The van der Waals surface area contributed by atoms with Gasteiger partial charge in [-0.3, -0.25) is 4.79 Å². The lowest BCUT2D eigenvalue weighted by Gasteiger charge is -2.06. The number of carbonyl (C=O) groups excluding carboxylic acids is 1. The second-order valence-corrected chi connectivity index (χ2v) is 4.71. The van der Waals surface area contributed by atoms with Crippen molar-refractivity contribution in [2.75, 3.05) is 19.5 Å². The average molecular weight is 337 g/mol. The van der Waals surface area contributed by atoms with Crippen LogP contribution in [0.5, 0.6) is 11.5 Å². The van der Waals surface area contributed by atoms with E-state index in [-0.39, 0.29) is 0 Å². The maximum absolute atomic E-state index is 13.5. The van der Waals surface area contributed by atoms with Gasteiger partial charge in [-0.15, -0.1) is 0 Å². The zero-order valence-electron chi connectivity index (χ0n) is 12.9. The molecule has 0 aliphatic rings. The summed E-state index contributed by atoms with van der Waals surface area (Å²) >= 11 is 0. The molecule has 0 saturated heterocycles. The number of hydrogen-bond donors (Lipinski definition) is 1. The molecule has 0 aliphatic carbocycles. The average Bonchev–Trinajstić information content (AvgIpc) is 2.57. The van der Waals surface area contributed by atoms with Gasteiger partial charge in [-0.05, 0) is 23.8 Å². The number of methoxy groups -OCH3 is 2. The summed E-state index contributed by atoms with van der Waals surface area (Å²) in [6, 6.07) is 5.91. The van der Waals surface area contributed by atoms with E-state index in [2.05, 4.69) is 5.32 Å². The second kappa shape index (κ2) is 7.54. The Bertz CT molecular complexity index is 769. The predicted molar refractivity (Wildman–Crippen MR) is 83.5 cm³/mol. The molecule has 0 spiro atoms. The minimum absolute atomic E-state index is 0.363. The molecule has 0 aromatic heterocycles. The summed E-state index contributed by atoms with van der Waals surface area (Å²) < 4.78 is 49.6. The van der Waals surface area contributed by atoms with Crippen LogP contribution in [-0.2, 0) is 4.79 Å². The van der Waals surface area contributed by atoms with Crippen molar-refractivity contribution in [2.24, 2.45) is 0 Å². The molecule has 2 aromatic carbocycles. The zero-order chi connectivity index (χ0) is 17.7. The quantitative estimate of drug-likeness (QED) is 0.667. The van der Waals surface area contributed by atoms with E-state index in [9.17, 15) is 18.0 Å². The van der Waals surface area contributed by atoms with E-state index in [1.54, 1.807) is 18.2 Å². The highest BCUT2D eigenvalue weighted by molar-refractivity contribution is 6.02. The number of amides is 1. The first-order valence-electron chi connectivity index (χ1n) is 6.79. The van der Waals surface area contributed by atoms with Crippen LogP contribution in [0.15, 0.2) is 36.4 Å². The minimum atomic E-state index is -1.33. The van der Waals surface area contributed by atoms with Gasteiger partial charge in [-0.25, -0.2) is 13.2 Å². The van der Waals surface area contributed by atoms with Crippen LogP contribution < -0.4 is 14.8 Å². The molecular weight excluding hydrogens is 323 g/mol. The van der Waals surface area contributed by atoms with Crippen LogP contribution in [0.25, 0.3) is 6.08 Å². The molecular formula is C17H14F3NO3. The lowest BCUT2D eigenvalue weighted by atomic mass is 10.2. The van der Waals surface area contributed by atoms with Gasteiger partial charge in [0.2, 0.25) is 5.91 Å². The Morgan fingerprint density at radius 1 is 0.917 bits per heavy atom. The van der Waals surface area contributed by atoms with Crippen LogP contribution in [0.1, 0.15) is 5.56 Å². The number of anilines is 1. The third-order valence-electron chi connectivity index (χ3n) is 3.07. The van der Waals surface area contributed by atoms with Crippen molar-refractivity contribution >= 4 is 17.7 Å². The van der Waals surface area contributed by atoms with E-state index in [1.807, 2.05) is 0 Å². The molecule has 0 bridgehead atoms. The van der Waals surface area contributed by atoms with Crippen molar-refractivity contribution in [3.63, 3.8) is 0 Å². The van der Waals surface area contributed by atoms with Gasteiger partial charge in [-0.2, -0.15) is 0 Å². The zero-order valence-corrected chi connectivity index (χ0v) is 12.9. The van der Waals surface area contributed by atoms with Crippen molar-refractivity contribution in [2.45, 2.75) is 0 Å². The molecule has 0 atom stereocenters. The second-order valence-electron chi connectivity index (χ2n) is 4.71. The number of nitrogens with one attached hydrogen (secondary N) is 1. The van der Waals surface area contributed by atoms with E-state index in [4.69, 9.17) is 9.47 Å². The first kappa shape index (κ1) is 17.4. The van der Waals surface area contributed by atoms with Crippen LogP contribution in [0.2, 0.25) is 0 Å². The Morgan fingerprint density at radius 3 is 2.08 bits per heavy atom. The van der Waals surface area contributed by atoms with Crippen LogP contribution in [-0.4, -0.2) is 20.1 Å². The summed E-state index contributed by atoms with van der Waals surface area (Å²) in [6.45, 7) is 0. The fraction of sp³-hybridized carbons (Fsp3) is 0.118. The molecule has 1 N–H and O–H groups in total. The molecule has 4 nitrogen and oxygen atoms in total. The Kier molecular flexibility index (Phi) is 5.47. The fourth-order valence-electron chi connectivity index (χ4n) is 1.89. The topological polar surface area (TPSA) is 47.6 Å². The molecule has 2 aromatic rings. The van der Waals surface area contributed by atoms with Crippen molar-refractivity contribution in [3.8, 4) is 11.5 Å².